The monoisotopic (exact) mass is 577 g/mol. The van der Waals surface area contributed by atoms with E-state index in [1.807, 2.05) is 0 Å². The van der Waals surface area contributed by atoms with Gasteiger partial charge in [-0.15, -0.1) is 0 Å². The number of alkyl halides is 7. The second kappa shape index (κ2) is 10.8. The summed E-state index contributed by atoms with van der Waals surface area (Å²) >= 11 is 0. The highest BCUT2D eigenvalue weighted by molar-refractivity contribution is 5.82. The first-order chi connectivity index (χ1) is 18.8. The Hall–Kier alpha value is -2.93. The molecule has 2 N–H and O–H groups in total. The molecule has 3 saturated carbocycles. The maximum absolute atomic E-state index is 13.9. The number of halogens is 7. The van der Waals surface area contributed by atoms with Crippen molar-refractivity contribution in [3.63, 3.8) is 0 Å². The van der Waals surface area contributed by atoms with Gasteiger partial charge in [-0.2, -0.15) is 18.3 Å². The lowest BCUT2D eigenvalue weighted by Crippen LogP contribution is -2.38. The molecule has 0 saturated heterocycles. The maximum Gasteiger partial charge on any atom is 0.389 e. The topological polar surface area (TPSA) is 88.4 Å². The highest BCUT2D eigenvalue weighted by Crippen LogP contribution is 2.46. The molecular formula is C26H30F7N5O2. The number of nitrogens with zero attached hydrogens (tertiary/aromatic N) is 3. The molecule has 0 aromatic carbocycles. The Labute approximate surface area is 225 Å². The van der Waals surface area contributed by atoms with Crippen molar-refractivity contribution in [2.75, 3.05) is 0 Å². The minimum atomic E-state index is -4.45. The van der Waals surface area contributed by atoms with Gasteiger partial charge < -0.3 is 10.6 Å². The zero-order valence-electron chi connectivity index (χ0n) is 21.4. The zero-order valence-corrected chi connectivity index (χ0v) is 21.4. The normalized spacial score (nSPS) is 24.6. The summed E-state index contributed by atoms with van der Waals surface area (Å²) in [5.74, 6) is -6.29. The first kappa shape index (κ1) is 28.6. The van der Waals surface area contributed by atoms with Crippen LogP contribution in [0.3, 0.4) is 0 Å². The molecule has 5 rings (SSSR count). The lowest BCUT2D eigenvalue weighted by atomic mass is 9.81. The van der Waals surface area contributed by atoms with Crippen molar-refractivity contribution in [3.8, 4) is 0 Å². The molecule has 7 nitrogen and oxygen atoms in total. The molecule has 0 bridgehead atoms. The molecule has 3 fully saturated rings. The smallest absolute Gasteiger partial charge is 0.349 e. The predicted molar refractivity (Wildman–Crippen MR) is 127 cm³/mol. The van der Waals surface area contributed by atoms with Crippen molar-refractivity contribution in [1.82, 2.24) is 25.2 Å². The van der Waals surface area contributed by atoms with Crippen LogP contribution < -0.4 is 10.6 Å². The highest BCUT2D eigenvalue weighted by atomic mass is 19.4. The van der Waals surface area contributed by atoms with Gasteiger partial charge in [-0.25, -0.2) is 27.1 Å². The van der Waals surface area contributed by atoms with Crippen LogP contribution >= 0.6 is 0 Å². The highest BCUT2D eigenvalue weighted by Gasteiger charge is 2.50. The van der Waals surface area contributed by atoms with Crippen LogP contribution in [-0.2, 0) is 9.59 Å². The third-order valence-corrected chi connectivity index (χ3v) is 8.11. The lowest BCUT2D eigenvalue weighted by molar-refractivity contribution is -0.144. The Bertz CT molecular complexity index is 1240. The van der Waals surface area contributed by atoms with Gasteiger partial charge in [0.2, 0.25) is 24.2 Å². The van der Waals surface area contributed by atoms with Gasteiger partial charge in [0.1, 0.15) is 0 Å². The first-order valence-corrected chi connectivity index (χ1v) is 13.5. The Balaban J connectivity index is 1.36. The fourth-order valence-corrected chi connectivity index (χ4v) is 5.52. The molecule has 3 aliphatic carbocycles. The standard InChI is InChI=1S/C26H30F7N5O2/c27-23(28)16-10-17(16)24(40)37-22(14-3-6-25(29,30)7-4-14)18-12-38-19(35-18)9-15(11-34-38)21(13-1-2-13)36-20(39)5-8-26(31,32)33/h9,11-14,16-17,21-23H,1-8,10H2,(H,36,39)(H,37,40)/t16-,17-,21?,22-/m0/s1. The van der Waals surface area contributed by atoms with Gasteiger partial charge in [-0.05, 0) is 55.6 Å². The summed E-state index contributed by atoms with van der Waals surface area (Å²) in [7, 11) is 0. The van der Waals surface area contributed by atoms with E-state index in [9.17, 15) is 40.3 Å². The molecule has 4 atom stereocenters. The molecule has 0 spiro atoms. The molecule has 2 amide bonds. The fourth-order valence-electron chi connectivity index (χ4n) is 5.52. The van der Waals surface area contributed by atoms with Crippen molar-refractivity contribution in [1.29, 1.82) is 0 Å². The quantitative estimate of drug-likeness (QED) is 0.364. The van der Waals surface area contributed by atoms with E-state index in [-0.39, 0.29) is 43.9 Å². The third-order valence-electron chi connectivity index (χ3n) is 8.11. The van der Waals surface area contributed by atoms with E-state index in [4.69, 9.17) is 0 Å². The van der Waals surface area contributed by atoms with Crippen LogP contribution in [0.1, 0.15) is 81.1 Å². The van der Waals surface area contributed by atoms with Gasteiger partial charge >= 0.3 is 6.18 Å². The zero-order chi connectivity index (χ0) is 28.8. The number of hydrogen-bond acceptors (Lipinski definition) is 4. The van der Waals surface area contributed by atoms with Gasteiger partial charge in [0, 0.05) is 31.1 Å². The van der Waals surface area contributed by atoms with Crippen LogP contribution in [0.4, 0.5) is 30.7 Å². The van der Waals surface area contributed by atoms with Crippen LogP contribution in [0, 0.1) is 23.7 Å². The van der Waals surface area contributed by atoms with Crippen molar-refractivity contribution >= 4 is 17.5 Å². The number of aromatic nitrogens is 3. The van der Waals surface area contributed by atoms with Gasteiger partial charge in [-0.1, -0.05) is 0 Å². The average molecular weight is 578 g/mol. The molecule has 3 aliphatic rings. The molecular weight excluding hydrogens is 547 g/mol. The molecule has 40 heavy (non-hydrogen) atoms. The second-order valence-corrected chi connectivity index (χ2v) is 11.3. The number of amides is 2. The van der Waals surface area contributed by atoms with Crippen LogP contribution in [0.25, 0.3) is 5.65 Å². The van der Waals surface area contributed by atoms with Crippen molar-refractivity contribution in [3.05, 3.63) is 29.7 Å². The summed E-state index contributed by atoms with van der Waals surface area (Å²) < 4.78 is 92.9. The first-order valence-electron chi connectivity index (χ1n) is 13.5. The lowest BCUT2D eigenvalue weighted by Gasteiger charge is -2.33. The molecule has 14 heteroatoms. The summed E-state index contributed by atoms with van der Waals surface area (Å²) in [6.45, 7) is 0. The number of rotatable bonds is 10. The molecule has 0 radical (unpaired) electrons. The number of carbonyl (C=O) groups is 2. The number of fused-ring (bicyclic) bond motifs is 1. The third kappa shape index (κ3) is 6.85. The molecule has 2 aromatic heterocycles. The summed E-state index contributed by atoms with van der Waals surface area (Å²) in [5, 5.41) is 9.79. The number of imidazole rings is 1. The van der Waals surface area contributed by atoms with E-state index in [2.05, 4.69) is 20.7 Å². The Morgan fingerprint density at radius 2 is 1.73 bits per heavy atom. The SMILES string of the molecule is O=C(CCC(F)(F)F)NC(c1cnn2cc([C@@H](NC(=O)[C@H]3C[C@@H]3C(F)F)C3CCC(F)(F)CC3)nc2c1)C1CC1. The van der Waals surface area contributed by atoms with Gasteiger partial charge in [0.25, 0.3) is 0 Å². The molecule has 0 aliphatic heterocycles. The van der Waals surface area contributed by atoms with E-state index < -0.39 is 67.1 Å². The largest absolute Gasteiger partial charge is 0.389 e. The summed E-state index contributed by atoms with van der Waals surface area (Å²) in [6.07, 6.45) is -4.81. The van der Waals surface area contributed by atoms with E-state index >= 15 is 0 Å². The van der Waals surface area contributed by atoms with E-state index in [0.717, 1.165) is 12.8 Å². The van der Waals surface area contributed by atoms with Crippen molar-refractivity contribution in [2.45, 2.75) is 88.4 Å². The number of nitrogens with one attached hydrogen (secondary N) is 2. The summed E-state index contributed by atoms with van der Waals surface area (Å²) in [4.78, 5) is 29.6. The molecule has 220 valence electrons. The van der Waals surface area contributed by atoms with Crippen molar-refractivity contribution < 1.29 is 40.3 Å². The minimum Gasteiger partial charge on any atom is -0.349 e. The van der Waals surface area contributed by atoms with Gasteiger partial charge in [0.05, 0.1) is 36.6 Å². The Morgan fingerprint density at radius 1 is 1.05 bits per heavy atom. The Morgan fingerprint density at radius 3 is 2.33 bits per heavy atom. The van der Waals surface area contributed by atoms with Crippen LogP contribution in [0.15, 0.2) is 18.5 Å². The van der Waals surface area contributed by atoms with E-state index in [1.54, 1.807) is 12.3 Å². The summed E-state index contributed by atoms with van der Waals surface area (Å²) in [5.41, 5.74) is 1.24. The second-order valence-electron chi connectivity index (χ2n) is 11.3. The van der Waals surface area contributed by atoms with Gasteiger partial charge in [0.15, 0.2) is 5.65 Å². The molecule has 2 heterocycles. The van der Waals surface area contributed by atoms with Crippen molar-refractivity contribution in [2.24, 2.45) is 23.7 Å². The fraction of sp³-hybridized carbons (Fsp3) is 0.692. The molecule has 1 unspecified atom stereocenters. The van der Waals surface area contributed by atoms with E-state index in [0.29, 0.717) is 16.9 Å². The Kier molecular flexibility index (Phi) is 7.73. The molecule has 2 aromatic rings. The predicted octanol–water partition coefficient (Wildman–Crippen LogP) is 5.52. The number of hydrogen-bond donors (Lipinski definition) is 2. The number of carbonyl (C=O) groups excluding carboxylic acids is 2. The summed E-state index contributed by atoms with van der Waals surface area (Å²) in [6, 6.07) is 0.315. The van der Waals surface area contributed by atoms with Gasteiger partial charge in [-0.3, -0.25) is 9.59 Å². The average Bonchev–Trinajstić information content (AvgIpc) is 3.80. The minimum absolute atomic E-state index is 0.0470. The maximum atomic E-state index is 13.9. The van der Waals surface area contributed by atoms with Crippen LogP contribution in [-0.4, -0.2) is 44.9 Å². The van der Waals surface area contributed by atoms with E-state index in [1.165, 1.54) is 10.7 Å². The van der Waals surface area contributed by atoms with Crippen LogP contribution in [0.2, 0.25) is 0 Å². The van der Waals surface area contributed by atoms with Crippen LogP contribution in [0.5, 0.6) is 0 Å².